The highest BCUT2D eigenvalue weighted by atomic mass is 35.5. The van der Waals surface area contributed by atoms with Crippen LogP contribution in [0.3, 0.4) is 0 Å². The summed E-state index contributed by atoms with van der Waals surface area (Å²) in [4.78, 5) is 11.8. The standard InChI is InChI=1S/C7H9ClN2OS/c8-5-1-4-12-6(5)7(11)10-3-2-9/h1,4H,2-3,9H2,(H,10,11). The number of nitrogens with two attached hydrogens (primary N) is 1. The first-order valence-electron chi connectivity index (χ1n) is 3.47. The van der Waals surface area contributed by atoms with E-state index in [1.807, 2.05) is 0 Å². The molecule has 0 unspecified atom stereocenters. The second-order valence-electron chi connectivity index (χ2n) is 2.14. The van der Waals surface area contributed by atoms with E-state index in [0.29, 0.717) is 23.0 Å². The lowest BCUT2D eigenvalue weighted by atomic mass is 10.4. The van der Waals surface area contributed by atoms with Crippen molar-refractivity contribution in [1.82, 2.24) is 5.32 Å². The Balaban J connectivity index is 2.59. The van der Waals surface area contributed by atoms with Crippen LogP contribution in [-0.4, -0.2) is 19.0 Å². The Morgan fingerprint density at radius 2 is 2.50 bits per heavy atom. The van der Waals surface area contributed by atoms with Crippen molar-refractivity contribution in [3.05, 3.63) is 21.3 Å². The van der Waals surface area contributed by atoms with Gasteiger partial charge in [-0.2, -0.15) is 0 Å². The molecule has 66 valence electrons. The third kappa shape index (κ3) is 2.20. The Kier molecular flexibility index (Phi) is 3.52. The lowest BCUT2D eigenvalue weighted by Gasteiger charge is -2.00. The highest BCUT2D eigenvalue weighted by Crippen LogP contribution is 2.21. The predicted molar refractivity (Wildman–Crippen MR) is 50.7 cm³/mol. The monoisotopic (exact) mass is 204 g/mol. The smallest absolute Gasteiger partial charge is 0.262 e. The minimum absolute atomic E-state index is 0.152. The average Bonchev–Trinajstić information content (AvgIpc) is 2.47. The summed E-state index contributed by atoms with van der Waals surface area (Å²) in [6, 6.07) is 1.70. The molecule has 1 rings (SSSR count). The van der Waals surface area contributed by atoms with E-state index in [1.54, 1.807) is 11.4 Å². The quantitative estimate of drug-likeness (QED) is 0.775. The molecule has 5 heteroatoms. The van der Waals surface area contributed by atoms with Gasteiger partial charge in [-0.15, -0.1) is 11.3 Å². The molecule has 0 spiro atoms. The molecule has 0 atom stereocenters. The number of hydrogen-bond donors (Lipinski definition) is 2. The summed E-state index contributed by atoms with van der Waals surface area (Å²) in [5.74, 6) is -0.152. The molecule has 0 saturated carbocycles. The number of rotatable bonds is 3. The van der Waals surface area contributed by atoms with Crippen molar-refractivity contribution < 1.29 is 4.79 Å². The third-order valence-electron chi connectivity index (χ3n) is 1.25. The molecule has 0 fully saturated rings. The van der Waals surface area contributed by atoms with E-state index in [9.17, 15) is 4.79 Å². The molecule has 0 aliphatic carbocycles. The minimum atomic E-state index is -0.152. The normalized spacial score (nSPS) is 9.83. The van der Waals surface area contributed by atoms with Crippen LogP contribution in [0.2, 0.25) is 5.02 Å². The van der Waals surface area contributed by atoms with Gasteiger partial charge in [0.25, 0.3) is 5.91 Å². The van der Waals surface area contributed by atoms with Gasteiger partial charge in [0.05, 0.1) is 5.02 Å². The topological polar surface area (TPSA) is 55.1 Å². The molecule has 0 aromatic carbocycles. The molecule has 1 amide bonds. The molecule has 3 N–H and O–H groups in total. The zero-order chi connectivity index (χ0) is 8.97. The van der Waals surface area contributed by atoms with Crippen molar-refractivity contribution in [2.45, 2.75) is 0 Å². The van der Waals surface area contributed by atoms with Crippen LogP contribution in [0, 0.1) is 0 Å². The van der Waals surface area contributed by atoms with Gasteiger partial charge in [-0.3, -0.25) is 4.79 Å². The van der Waals surface area contributed by atoms with Crippen LogP contribution < -0.4 is 11.1 Å². The first-order valence-corrected chi connectivity index (χ1v) is 4.72. The molecular weight excluding hydrogens is 196 g/mol. The van der Waals surface area contributed by atoms with Crippen molar-refractivity contribution in [3.63, 3.8) is 0 Å². The van der Waals surface area contributed by atoms with Crippen LogP contribution in [0.1, 0.15) is 9.67 Å². The highest BCUT2D eigenvalue weighted by molar-refractivity contribution is 7.12. The van der Waals surface area contributed by atoms with Crippen LogP contribution in [0.4, 0.5) is 0 Å². The Labute approximate surface area is 79.5 Å². The number of thiophene rings is 1. The number of halogens is 1. The van der Waals surface area contributed by atoms with Crippen LogP contribution in [0.5, 0.6) is 0 Å². The maximum absolute atomic E-state index is 11.2. The summed E-state index contributed by atoms with van der Waals surface area (Å²) in [5.41, 5.74) is 5.22. The molecule has 12 heavy (non-hydrogen) atoms. The Morgan fingerprint density at radius 1 is 1.75 bits per heavy atom. The first kappa shape index (κ1) is 9.51. The highest BCUT2D eigenvalue weighted by Gasteiger charge is 2.09. The summed E-state index contributed by atoms with van der Waals surface area (Å²) < 4.78 is 0. The molecule has 1 heterocycles. The van der Waals surface area contributed by atoms with Crippen molar-refractivity contribution >= 4 is 28.8 Å². The van der Waals surface area contributed by atoms with Gasteiger partial charge >= 0.3 is 0 Å². The minimum Gasteiger partial charge on any atom is -0.350 e. The zero-order valence-corrected chi connectivity index (χ0v) is 7.91. The van der Waals surface area contributed by atoms with E-state index in [1.165, 1.54) is 11.3 Å². The van der Waals surface area contributed by atoms with E-state index in [-0.39, 0.29) is 5.91 Å². The number of carbonyl (C=O) groups is 1. The summed E-state index contributed by atoms with van der Waals surface area (Å²) in [5, 5.41) is 4.91. The predicted octanol–water partition coefficient (Wildman–Crippen LogP) is 1.09. The van der Waals surface area contributed by atoms with E-state index < -0.39 is 0 Å². The molecule has 1 aromatic rings. The fourth-order valence-electron chi connectivity index (χ4n) is 0.722. The Hall–Kier alpha value is -0.580. The van der Waals surface area contributed by atoms with Crippen LogP contribution in [-0.2, 0) is 0 Å². The number of hydrogen-bond acceptors (Lipinski definition) is 3. The zero-order valence-electron chi connectivity index (χ0n) is 6.34. The largest absolute Gasteiger partial charge is 0.350 e. The molecule has 0 bridgehead atoms. The second kappa shape index (κ2) is 4.45. The number of nitrogens with one attached hydrogen (secondary N) is 1. The average molecular weight is 205 g/mol. The maximum Gasteiger partial charge on any atom is 0.262 e. The molecule has 0 aliphatic heterocycles. The van der Waals surface area contributed by atoms with Crippen molar-refractivity contribution in [2.24, 2.45) is 5.73 Å². The third-order valence-corrected chi connectivity index (χ3v) is 2.59. The van der Waals surface area contributed by atoms with Gasteiger partial charge in [-0.25, -0.2) is 0 Å². The van der Waals surface area contributed by atoms with E-state index in [0.717, 1.165) is 0 Å². The summed E-state index contributed by atoms with van der Waals surface area (Å²) in [6.07, 6.45) is 0. The van der Waals surface area contributed by atoms with Gasteiger partial charge in [0, 0.05) is 13.1 Å². The van der Waals surface area contributed by atoms with Gasteiger partial charge in [0.1, 0.15) is 4.88 Å². The van der Waals surface area contributed by atoms with E-state index in [4.69, 9.17) is 17.3 Å². The summed E-state index contributed by atoms with van der Waals surface area (Å²) in [6.45, 7) is 0.918. The molecule has 3 nitrogen and oxygen atoms in total. The first-order chi connectivity index (χ1) is 5.75. The van der Waals surface area contributed by atoms with Crippen LogP contribution in [0.15, 0.2) is 11.4 Å². The molecular formula is C7H9ClN2OS. The molecule has 0 saturated heterocycles. The van der Waals surface area contributed by atoms with Gasteiger partial charge < -0.3 is 11.1 Å². The molecule has 0 radical (unpaired) electrons. The number of carbonyl (C=O) groups excluding carboxylic acids is 1. The van der Waals surface area contributed by atoms with E-state index >= 15 is 0 Å². The summed E-state index contributed by atoms with van der Waals surface area (Å²) >= 11 is 7.06. The SMILES string of the molecule is NCCNC(=O)c1sccc1Cl. The lowest BCUT2D eigenvalue weighted by Crippen LogP contribution is -2.28. The van der Waals surface area contributed by atoms with Crippen molar-refractivity contribution in [1.29, 1.82) is 0 Å². The fourth-order valence-corrected chi connectivity index (χ4v) is 1.78. The fraction of sp³-hybridized carbons (Fsp3) is 0.286. The maximum atomic E-state index is 11.2. The van der Waals surface area contributed by atoms with Gasteiger partial charge in [0.2, 0.25) is 0 Å². The summed E-state index contributed by atoms with van der Waals surface area (Å²) in [7, 11) is 0. The van der Waals surface area contributed by atoms with Gasteiger partial charge in [-0.1, -0.05) is 11.6 Å². The van der Waals surface area contributed by atoms with Crippen LogP contribution >= 0.6 is 22.9 Å². The van der Waals surface area contributed by atoms with Crippen LogP contribution in [0.25, 0.3) is 0 Å². The Bertz CT molecular complexity index is 274. The van der Waals surface area contributed by atoms with Crippen molar-refractivity contribution in [2.75, 3.05) is 13.1 Å². The van der Waals surface area contributed by atoms with E-state index in [2.05, 4.69) is 5.32 Å². The lowest BCUT2D eigenvalue weighted by molar-refractivity contribution is 0.0959. The second-order valence-corrected chi connectivity index (χ2v) is 3.47. The molecule has 1 aromatic heterocycles. The molecule has 0 aliphatic rings. The van der Waals surface area contributed by atoms with Gasteiger partial charge in [-0.05, 0) is 11.4 Å². The van der Waals surface area contributed by atoms with Gasteiger partial charge in [0.15, 0.2) is 0 Å². The van der Waals surface area contributed by atoms with Crippen molar-refractivity contribution in [3.8, 4) is 0 Å². The Morgan fingerprint density at radius 3 is 3.00 bits per heavy atom. The number of amides is 1.